The maximum atomic E-state index is 13.7. The van der Waals surface area contributed by atoms with Crippen LogP contribution in [0.5, 0.6) is 0 Å². The number of nitrogens with zero attached hydrogens (tertiary/aromatic N) is 3. The van der Waals surface area contributed by atoms with Crippen LogP contribution in [0.15, 0.2) is 30.3 Å². The fourth-order valence-corrected chi connectivity index (χ4v) is 4.60. The molecule has 0 bridgehead atoms. The summed E-state index contributed by atoms with van der Waals surface area (Å²) in [4.78, 5) is 52.3. The number of aromatic nitrogens is 2. The van der Waals surface area contributed by atoms with Crippen LogP contribution in [-0.2, 0) is 20.9 Å². The molecule has 1 saturated carbocycles. The van der Waals surface area contributed by atoms with Crippen molar-refractivity contribution in [1.82, 2.24) is 15.1 Å². The first-order chi connectivity index (χ1) is 16.2. The number of carbonyl (C=O) groups is 4. The molecule has 0 unspecified atom stereocenters. The maximum absolute atomic E-state index is 13.7. The van der Waals surface area contributed by atoms with Gasteiger partial charge < -0.3 is 15.4 Å². The van der Waals surface area contributed by atoms with Gasteiger partial charge in [-0.2, -0.15) is 5.10 Å². The molecule has 1 fully saturated rings. The Morgan fingerprint density at radius 1 is 1.18 bits per heavy atom. The molecular weight excluding hydrogens is 438 g/mol. The summed E-state index contributed by atoms with van der Waals surface area (Å²) in [7, 11) is 0. The van der Waals surface area contributed by atoms with Crippen LogP contribution >= 0.6 is 0 Å². The number of hydrogen-bond acceptors (Lipinski definition) is 6. The van der Waals surface area contributed by atoms with Gasteiger partial charge in [-0.1, -0.05) is 12.8 Å². The third kappa shape index (κ3) is 4.40. The van der Waals surface area contributed by atoms with Crippen molar-refractivity contribution in [3.8, 4) is 0 Å². The summed E-state index contributed by atoms with van der Waals surface area (Å²) in [5.74, 6) is -1.57. The average molecular weight is 468 g/mol. The van der Waals surface area contributed by atoms with Gasteiger partial charge in [0, 0.05) is 30.4 Å². The number of nitrogens with one attached hydrogen (secondary N) is 2. The van der Waals surface area contributed by atoms with Crippen LogP contribution < -0.4 is 15.5 Å². The minimum absolute atomic E-state index is 0.0200. The molecule has 1 aromatic heterocycles. The normalized spacial score (nSPS) is 20.1. The first-order valence-corrected chi connectivity index (χ1v) is 11.5. The van der Waals surface area contributed by atoms with Crippen molar-refractivity contribution in [2.75, 3.05) is 16.8 Å². The van der Waals surface area contributed by atoms with E-state index >= 15 is 0 Å². The highest BCUT2D eigenvalue weighted by Crippen LogP contribution is 2.34. The van der Waals surface area contributed by atoms with Crippen LogP contribution in [0.3, 0.4) is 0 Å². The van der Waals surface area contributed by atoms with Gasteiger partial charge in [0.15, 0.2) is 5.69 Å². The highest BCUT2D eigenvalue weighted by Gasteiger charge is 2.49. The van der Waals surface area contributed by atoms with Crippen LogP contribution in [0, 0.1) is 0 Å². The molecule has 1 atom stereocenters. The lowest BCUT2D eigenvalue weighted by molar-refractivity contribution is -0.127. The number of benzene rings is 1. The fourth-order valence-electron chi connectivity index (χ4n) is 4.60. The molecule has 0 radical (unpaired) electrons. The number of hydrogen-bond donors (Lipinski definition) is 2. The van der Waals surface area contributed by atoms with Gasteiger partial charge in [-0.05, 0) is 51.0 Å². The summed E-state index contributed by atoms with van der Waals surface area (Å²) >= 11 is 0. The molecule has 2 aromatic rings. The van der Waals surface area contributed by atoms with E-state index < -0.39 is 17.4 Å². The van der Waals surface area contributed by atoms with Gasteiger partial charge in [0.25, 0.3) is 5.91 Å². The van der Waals surface area contributed by atoms with Crippen molar-refractivity contribution in [3.63, 3.8) is 0 Å². The van der Waals surface area contributed by atoms with Crippen molar-refractivity contribution in [2.24, 2.45) is 0 Å². The van der Waals surface area contributed by atoms with Crippen LogP contribution in [0.25, 0.3) is 0 Å². The molecule has 1 aliphatic carbocycles. The second-order valence-corrected chi connectivity index (χ2v) is 8.89. The number of rotatable bonds is 6. The molecule has 1 aromatic carbocycles. The Morgan fingerprint density at radius 3 is 2.47 bits per heavy atom. The number of ether oxygens (including phenoxy) is 1. The number of esters is 1. The molecule has 180 valence electrons. The summed E-state index contributed by atoms with van der Waals surface area (Å²) < 4.78 is 6.44. The van der Waals surface area contributed by atoms with Gasteiger partial charge in [-0.15, -0.1) is 0 Å². The number of anilines is 2. The summed E-state index contributed by atoms with van der Waals surface area (Å²) in [5, 5.41) is 10.1. The van der Waals surface area contributed by atoms with E-state index in [1.165, 1.54) is 22.6 Å². The summed E-state index contributed by atoms with van der Waals surface area (Å²) in [5.41, 5.74) is -0.00680. The molecule has 4 rings (SSSR count). The Balaban J connectivity index is 1.73. The zero-order valence-corrected chi connectivity index (χ0v) is 19.6. The Hall–Kier alpha value is -3.69. The average Bonchev–Trinajstić information content (AvgIpc) is 3.44. The van der Waals surface area contributed by atoms with Gasteiger partial charge in [0.1, 0.15) is 11.2 Å². The second kappa shape index (κ2) is 9.28. The van der Waals surface area contributed by atoms with Crippen molar-refractivity contribution in [2.45, 2.75) is 64.6 Å². The lowest BCUT2D eigenvalue weighted by Crippen LogP contribution is -2.65. The summed E-state index contributed by atoms with van der Waals surface area (Å²) in [6, 6.07) is 8.18. The number of amides is 3. The van der Waals surface area contributed by atoms with E-state index in [2.05, 4.69) is 15.7 Å². The first-order valence-electron chi connectivity index (χ1n) is 11.5. The Labute approximate surface area is 197 Å². The Kier molecular flexibility index (Phi) is 6.41. The van der Waals surface area contributed by atoms with Crippen LogP contribution in [0.4, 0.5) is 11.4 Å². The zero-order valence-electron chi connectivity index (χ0n) is 19.6. The fraction of sp³-hybridized carbons (Fsp3) is 0.458. The van der Waals surface area contributed by atoms with E-state index in [1.807, 2.05) is 0 Å². The van der Waals surface area contributed by atoms with Crippen LogP contribution in [0.2, 0.25) is 0 Å². The minimum Gasteiger partial charge on any atom is -0.461 e. The van der Waals surface area contributed by atoms with Gasteiger partial charge >= 0.3 is 5.97 Å². The highest BCUT2D eigenvalue weighted by atomic mass is 16.5. The van der Waals surface area contributed by atoms with E-state index in [9.17, 15) is 19.2 Å². The molecule has 1 aliphatic heterocycles. The SMILES string of the molecule is CCOC(=O)c1cc2n(n1)C[C@@](C)(C(=O)NC1CCCC1)N(c1ccc(NC(C)=O)cc1)C2=O. The third-order valence-corrected chi connectivity index (χ3v) is 6.26. The minimum atomic E-state index is -1.29. The predicted molar refractivity (Wildman–Crippen MR) is 125 cm³/mol. The first kappa shape index (κ1) is 23.5. The largest absolute Gasteiger partial charge is 0.461 e. The number of carbonyl (C=O) groups excluding carboxylic acids is 4. The van der Waals surface area contributed by atoms with Crippen molar-refractivity contribution in [3.05, 3.63) is 41.7 Å². The second-order valence-electron chi connectivity index (χ2n) is 8.89. The molecule has 10 heteroatoms. The molecule has 10 nitrogen and oxygen atoms in total. The van der Waals surface area contributed by atoms with E-state index in [0.29, 0.717) is 11.4 Å². The molecule has 2 aliphatic rings. The Morgan fingerprint density at radius 2 is 1.85 bits per heavy atom. The molecule has 3 amide bonds. The van der Waals surface area contributed by atoms with Crippen molar-refractivity contribution < 1.29 is 23.9 Å². The lowest BCUT2D eigenvalue weighted by atomic mass is 9.93. The molecule has 2 N–H and O–H groups in total. The van der Waals surface area contributed by atoms with Gasteiger partial charge in [0.2, 0.25) is 11.8 Å². The number of fused-ring (bicyclic) bond motifs is 1. The van der Waals surface area contributed by atoms with E-state index in [4.69, 9.17) is 4.74 Å². The van der Waals surface area contributed by atoms with E-state index in [-0.39, 0.29) is 42.4 Å². The quantitative estimate of drug-likeness (QED) is 0.630. The molecular formula is C24H29N5O5. The summed E-state index contributed by atoms with van der Waals surface area (Å²) in [6.07, 6.45) is 3.92. The standard InChI is InChI=1S/C24H29N5O5/c1-4-34-22(32)19-13-20-21(31)29(18-11-9-17(10-12-18)25-15(2)30)24(3,14-28(20)27-19)23(33)26-16-7-5-6-8-16/h9-13,16H,4-8,14H2,1-3H3,(H,25,30)(H,26,33)/t24-/m0/s1. The molecule has 2 heterocycles. The highest BCUT2D eigenvalue weighted by molar-refractivity contribution is 6.12. The van der Waals surface area contributed by atoms with Crippen molar-refractivity contribution >= 4 is 35.1 Å². The molecule has 0 saturated heterocycles. The molecule has 34 heavy (non-hydrogen) atoms. The van der Waals surface area contributed by atoms with Gasteiger partial charge in [-0.25, -0.2) is 4.79 Å². The van der Waals surface area contributed by atoms with Crippen LogP contribution in [-0.4, -0.2) is 51.7 Å². The lowest BCUT2D eigenvalue weighted by Gasteiger charge is -2.43. The monoisotopic (exact) mass is 467 g/mol. The van der Waals surface area contributed by atoms with E-state index in [1.54, 1.807) is 38.1 Å². The summed E-state index contributed by atoms with van der Waals surface area (Å²) in [6.45, 7) is 5.05. The Bertz CT molecular complexity index is 1120. The van der Waals surface area contributed by atoms with Crippen molar-refractivity contribution in [1.29, 1.82) is 0 Å². The smallest absolute Gasteiger partial charge is 0.358 e. The topological polar surface area (TPSA) is 123 Å². The zero-order chi connectivity index (χ0) is 24.5. The predicted octanol–water partition coefficient (Wildman–Crippen LogP) is 2.50. The maximum Gasteiger partial charge on any atom is 0.358 e. The molecule has 0 spiro atoms. The third-order valence-electron chi connectivity index (χ3n) is 6.26. The van der Waals surface area contributed by atoms with E-state index in [0.717, 1.165) is 25.7 Å². The van der Waals surface area contributed by atoms with Gasteiger partial charge in [0.05, 0.1) is 13.2 Å². The van der Waals surface area contributed by atoms with Crippen LogP contribution in [0.1, 0.15) is 67.4 Å². The van der Waals surface area contributed by atoms with Gasteiger partial charge in [-0.3, -0.25) is 24.0 Å².